The molecule has 0 radical (unpaired) electrons. The van der Waals surface area contributed by atoms with Crippen molar-refractivity contribution < 1.29 is 9.53 Å². The molecular formula is C23H21Cl2N5O2. The van der Waals surface area contributed by atoms with Crippen LogP contribution in [0.5, 0.6) is 5.88 Å². The van der Waals surface area contributed by atoms with Gasteiger partial charge in [0, 0.05) is 18.4 Å². The summed E-state index contributed by atoms with van der Waals surface area (Å²) in [5.41, 5.74) is 4.22. The first-order chi connectivity index (χ1) is 15.5. The molecule has 1 aromatic heterocycles. The van der Waals surface area contributed by atoms with Gasteiger partial charge in [0.15, 0.2) is 6.73 Å². The molecule has 0 atom stereocenters. The number of anilines is 3. The van der Waals surface area contributed by atoms with Crippen LogP contribution < -0.4 is 15.0 Å². The highest BCUT2D eigenvalue weighted by molar-refractivity contribution is 6.40. The Labute approximate surface area is 195 Å². The van der Waals surface area contributed by atoms with Crippen LogP contribution in [0.4, 0.5) is 17.3 Å². The molecule has 0 saturated heterocycles. The molecule has 0 spiro atoms. The van der Waals surface area contributed by atoms with Crippen molar-refractivity contribution in [2.45, 2.75) is 19.4 Å². The van der Waals surface area contributed by atoms with E-state index in [1.807, 2.05) is 6.07 Å². The monoisotopic (exact) mass is 469 g/mol. The Balaban J connectivity index is 1.38. The van der Waals surface area contributed by atoms with Gasteiger partial charge < -0.3 is 15.0 Å². The van der Waals surface area contributed by atoms with E-state index in [1.54, 1.807) is 18.2 Å². The smallest absolute Gasteiger partial charge is 0.268 e. The topological polar surface area (TPSA) is 70.6 Å². The van der Waals surface area contributed by atoms with E-state index in [-0.39, 0.29) is 24.1 Å². The molecule has 1 N–H and O–H groups in total. The van der Waals surface area contributed by atoms with E-state index in [0.717, 1.165) is 31.6 Å². The molecule has 5 rings (SSSR count). The largest absolute Gasteiger partial charge is 0.455 e. The molecule has 7 nitrogen and oxygen atoms in total. The number of nitrogens with zero attached hydrogens (tertiary/aromatic N) is 4. The molecule has 2 aromatic carbocycles. The second-order valence-electron chi connectivity index (χ2n) is 7.94. The van der Waals surface area contributed by atoms with Crippen molar-refractivity contribution >= 4 is 46.4 Å². The van der Waals surface area contributed by atoms with Gasteiger partial charge in [-0.05, 0) is 61.8 Å². The Hall–Kier alpha value is -2.87. The number of carbonyl (C=O) groups excluding carboxylic acids is 1. The highest BCUT2D eigenvalue weighted by Crippen LogP contribution is 2.37. The standard InChI is InChI=1S/C23H21Cl2N5O2/c1-29-9-3-4-14-7-8-16(10-15(14)12-29)27-23-26-11-17-21(28-23)32-13-30(22(17)31)20-18(24)5-2-6-19(20)25/h2,5-8,10-11H,3-4,9,12-13H2,1H3,(H,26,27,28). The number of amides is 1. The molecular weight excluding hydrogens is 449 g/mol. The summed E-state index contributed by atoms with van der Waals surface area (Å²) in [7, 11) is 2.13. The van der Waals surface area contributed by atoms with Crippen LogP contribution in [0.15, 0.2) is 42.6 Å². The lowest BCUT2D eigenvalue weighted by molar-refractivity contribution is 0.0932. The molecule has 2 aliphatic heterocycles. The number of carbonyl (C=O) groups is 1. The summed E-state index contributed by atoms with van der Waals surface area (Å²) in [4.78, 5) is 25.5. The van der Waals surface area contributed by atoms with Gasteiger partial charge in [0.2, 0.25) is 11.8 Å². The molecule has 0 saturated carbocycles. The molecule has 3 heterocycles. The Kier molecular flexibility index (Phi) is 5.63. The number of para-hydroxylation sites is 1. The predicted molar refractivity (Wildman–Crippen MR) is 125 cm³/mol. The molecule has 2 aliphatic rings. The number of nitrogens with one attached hydrogen (secondary N) is 1. The lowest BCUT2D eigenvalue weighted by atomic mass is 10.0. The van der Waals surface area contributed by atoms with Crippen molar-refractivity contribution in [3.8, 4) is 5.88 Å². The maximum Gasteiger partial charge on any atom is 0.268 e. The molecule has 0 fully saturated rings. The van der Waals surface area contributed by atoms with E-state index < -0.39 is 0 Å². The average molecular weight is 470 g/mol. The number of benzene rings is 2. The van der Waals surface area contributed by atoms with Crippen molar-refractivity contribution in [2.75, 3.05) is 30.5 Å². The molecule has 0 aliphatic carbocycles. The number of aryl methyl sites for hydroxylation is 1. The third-order valence-electron chi connectivity index (χ3n) is 5.66. The summed E-state index contributed by atoms with van der Waals surface area (Å²) in [6.07, 6.45) is 3.70. The molecule has 0 unspecified atom stereocenters. The van der Waals surface area contributed by atoms with Gasteiger partial charge in [-0.2, -0.15) is 4.98 Å². The van der Waals surface area contributed by atoms with Crippen molar-refractivity contribution in [3.05, 3.63) is 69.3 Å². The van der Waals surface area contributed by atoms with Crippen LogP contribution in [-0.2, 0) is 13.0 Å². The van der Waals surface area contributed by atoms with Crippen molar-refractivity contribution in [2.24, 2.45) is 0 Å². The molecule has 1 amide bonds. The first-order valence-electron chi connectivity index (χ1n) is 10.3. The zero-order valence-corrected chi connectivity index (χ0v) is 19.0. The molecule has 32 heavy (non-hydrogen) atoms. The van der Waals surface area contributed by atoms with E-state index >= 15 is 0 Å². The fourth-order valence-electron chi connectivity index (χ4n) is 4.06. The van der Waals surface area contributed by atoms with E-state index in [9.17, 15) is 4.79 Å². The molecule has 164 valence electrons. The summed E-state index contributed by atoms with van der Waals surface area (Å²) in [6.45, 7) is 1.96. The van der Waals surface area contributed by atoms with Crippen LogP contribution in [0.3, 0.4) is 0 Å². The third-order valence-corrected chi connectivity index (χ3v) is 6.27. The quantitative estimate of drug-likeness (QED) is 0.587. The number of hydrogen-bond acceptors (Lipinski definition) is 6. The molecule has 0 bridgehead atoms. The minimum atomic E-state index is -0.319. The minimum absolute atomic E-state index is 0.0447. The number of fused-ring (bicyclic) bond motifs is 2. The normalized spacial score (nSPS) is 16.1. The van der Waals surface area contributed by atoms with Gasteiger partial charge in [0.25, 0.3) is 5.91 Å². The Morgan fingerprint density at radius 3 is 2.75 bits per heavy atom. The van der Waals surface area contributed by atoms with E-state index in [1.165, 1.54) is 22.2 Å². The van der Waals surface area contributed by atoms with Gasteiger partial charge in [-0.3, -0.25) is 9.69 Å². The van der Waals surface area contributed by atoms with Gasteiger partial charge in [0.1, 0.15) is 5.56 Å². The minimum Gasteiger partial charge on any atom is -0.455 e. The van der Waals surface area contributed by atoms with Crippen LogP contribution in [-0.4, -0.2) is 41.1 Å². The third kappa shape index (κ3) is 3.99. The summed E-state index contributed by atoms with van der Waals surface area (Å²) in [6, 6.07) is 11.4. The summed E-state index contributed by atoms with van der Waals surface area (Å²) >= 11 is 12.5. The van der Waals surface area contributed by atoms with Gasteiger partial charge in [-0.15, -0.1) is 0 Å². The highest BCUT2D eigenvalue weighted by atomic mass is 35.5. The lowest BCUT2D eigenvalue weighted by Gasteiger charge is -2.29. The fourth-order valence-corrected chi connectivity index (χ4v) is 4.66. The Morgan fingerprint density at radius 2 is 1.94 bits per heavy atom. The van der Waals surface area contributed by atoms with Gasteiger partial charge >= 0.3 is 0 Å². The highest BCUT2D eigenvalue weighted by Gasteiger charge is 2.31. The van der Waals surface area contributed by atoms with Crippen molar-refractivity contribution in [1.82, 2.24) is 14.9 Å². The first-order valence-corrected chi connectivity index (χ1v) is 11.1. The predicted octanol–water partition coefficient (Wildman–Crippen LogP) is 4.90. The van der Waals surface area contributed by atoms with Crippen LogP contribution in [0, 0.1) is 0 Å². The molecule has 3 aromatic rings. The van der Waals surface area contributed by atoms with Gasteiger partial charge in [-0.1, -0.05) is 35.3 Å². The summed E-state index contributed by atoms with van der Waals surface area (Å²) < 4.78 is 5.76. The summed E-state index contributed by atoms with van der Waals surface area (Å²) in [5, 5.41) is 3.96. The second-order valence-corrected chi connectivity index (χ2v) is 8.75. The Morgan fingerprint density at radius 1 is 1.12 bits per heavy atom. The maximum absolute atomic E-state index is 13.0. The van der Waals surface area contributed by atoms with Crippen LogP contribution in [0.1, 0.15) is 27.9 Å². The lowest BCUT2D eigenvalue weighted by Crippen LogP contribution is -2.39. The number of hydrogen-bond donors (Lipinski definition) is 1. The average Bonchev–Trinajstić information content (AvgIpc) is 2.95. The Bertz CT molecular complexity index is 1180. The first kappa shape index (κ1) is 21.0. The SMILES string of the molecule is CN1CCCc2ccc(Nc3ncc4c(n3)OCN(c3c(Cl)cccc3Cl)C4=O)cc2C1. The number of rotatable bonds is 3. The zero-order chi connectivity index (χ0) is 22.2. The van der Waals surface area contributed by atoms with Gasteiger partial charge in [-0.25, -0.2) is 4.98 Å². The number of ether oxygens (including phenoxy) is 1. The molecule has 9 heteroatoms. The van der Waals surface area contributed by atoms with E-state index in [0.29, 0.717) is 21.7 Å². The van der Waals surface area contributed by atoms with E-state index in [4.69, 9.17) is 27.9 Å². The number of aromatic nitrogens is 2. The number of halogens is 2. The van der Waals surface area contributed by atoms with Crippen LogP contribution >= 0.6 is 23.2 Å². The van der Waals surface area contributed by atoms with Crippen LogP contribution in [0.2, 0.25) is 10.0 Å². The zero-order valence-electron chi connectivity index (χ0n) is 17.4. The fraction of sp³-hybridized carbons (Fsp3) is 0.261. The second kappa shape index (κ2) is 8.58. The van der Waals surface area contributed by atoms with E-state index in [2.05, 4.69) is 39.4 Å². The van der Waals surface area contributed by atoms with Crippen molar-refractivity contribution in [1.29, 1.82) is 0 Å². The summed E-state index contributed by atoms with van der Waals surface area (Å²) in [5.74, 6) is 0.269. The van der Waals surface area contributed by atoms with Crippen LogP contribution in [0.25, 0.3) is 0 Å². The van der Waals surface area contributed by atoms with Crippen molar-refractivity contribution in [3.63, 3.8) is 0 Å². The van der Waals surface area contributed by atoms with Gasteiger partial charge in [0.05, 0.1) is 15.7 Å². The maximum atomic E-state index is 13.0.